The van der Waals surface area contributed by atoms with Gasteiger partial charge >= 0.3 is 5.97 Å². The van der Waals surface area contributed by atoms with E-state index in [1.165, 1.54) is 25.3 Å². The lowest BCUT2D eigenvalue weighted by Crippen LogP contribution is -2.03. The zero-order valence-electron chi connectivity index (χ0n) is 7.28. The first-order chi connectivity index (χ1) is 6.56. The second kappa shape index (κ2) is 4.11. The number of methoxy groups -OCH3 is 1. The van der Waals surface area contributed by atoms with Gasteiger partial charge in [-0.3, -0.25) is 4.79 Å². The van der Waals surface area contributed by atoms with Crippen molar-refractivity contribution in [3.05, 3.63) is 29.3 Å². The van der Waals surface area contributed by atoms with Crippen LogP contribution in [0.3, 0.4) is 0 Å². The molecule has 0 unspecified atom stereocenters. The molecule has 0 heterocycles. The fourth-order valence-corrected chi connectivity index (χ4v) is 1.05. The largest absolute Gasteiger partial charge is 0.507 e. The summed E-state index contributed by atoms with van der Waals surface area (Å²) >= 11 is 5.20. The van der Waals surface area contributed by atoms with Gasteiger partial charge in [-0.05, 0) is 29.8 Å². The smallest absolute Gasteiger partial charge is 0.341 e. The Bertz CT molecular complexity index is 386. The van der Waals surface area contributed by atoms with Crippen LogP contribution in [0.4, 0.5) is 0 Å². The van der Waals surface area contributed by atoms with Crippen molar-refractivity contribution >= 4 is 22.8 Å². The molecule has 74 valence electrons. The Morgan fingerprint density at radius 1 is 1.43 bits per heavy atom. The summed E-state index contributed by atoms with van der Waals surface area (Å²) in [5, 5.41) is 8.56. The molecule has 0 aromatic heterocycles. The van der Waals surface area contributed by atoms with Gasteiger partial charge in [-0.1, -0.05) is 0 Å². The molecule has 0 amide bonds. The summed E-state index contributed by atoms with van der Waals surface area (Å²) in [5.74, 6) is -0.971. The lowest BCUT2D eigenvalue weighted by Gasteiger charge is -2.03. The summed E-state index contributed by atoms with van der Waals surface area (Å²) in [4.78, 5) is 21.8. The number of rotatable bonds is 2. The monoisotopic (exact) mass is 214 g/mol. The van der Waals surface area contributed by atoms with Crippen LogP contribution in [0.2, 0.25) is 0 Å². The third kappa shape index (κ3) is 2.03. The van der Waals surface area contributed by atoms with Gasteiger partial charge in [0.2, 0.25) is 0 Å². The van der Waals surface area contributed by atoms with Gasteiger partial charge in [0.15, 0.2) is 0 Å². The van der Waals surface area contributed by atoms with E-state index in [0.717, 1.165) is 0 Å². The normalized spacial score (nSPS) is 9.57. The first kappa shape index (κ1) is 10.5. The minimum Gasteiger partial charge on any atom is -0.507 e. The summed E-state index contributed by atoms with van der Waals surface area (Å²) in [7, 11) is 1.18. The molecule has 0 aliphatic heterocycles. The van der Waals surface area contributed by atoms with Crippen LogP contribution in [-0.2, 0) is 4.74 Å². The first-order valence-electron chi connectivity index (χ1n) is 3.67. The van der Waals surface area contributed by atoms with Crippen molar-refractivity contribution in [2.75, 3.05) is 7.11 Å². The van der Waals surface area contributed by atoms with E-state index in [1.807, 2.05) is 0 Å². The standard InChI is InChI=1S/C9H7ClO4/c1-14-9(13)6-4-5(8(10)12)2-3-7(6)11/h2-4,11H,1H3. The fraction of sp³-hybridized carbons (Fsp3) is 0.111. The number of aromatic hydroxyl groups is 1. The van der Waals surface area contributed by atoms with Crippen molar-refractivity contribution in [1.29, 1.82) is 0 Å². The highest BCUT2D eigenvalue weighted by Gasteiger charge is 2.13. The molecule has 0 bridgehead atoms. The molecule has 0 saturated carbocycles. The van der Waals surface area contributed by atoms with Crippen molar-refractivity contribution in [2.24, 2.45) is 0 Å². The Hall–Kier alpha value is -1.55. The molecule has 5 heteroatoms. The maximum Gasteiger partial charge on any atom is 0.341 e. The quantitative estimate of drug-likeness (QED) is 0.599. The van der Waals surface area contributed by atoms with Gasteiger partial charge in [-0.2, -0.15) is 0 Å². The van der Waals surface area contributed by atoms with Gasteiger partial charge in [-0.15, -0.1) is 0 Å². The summed E-state index contributed by atoms with van der Waals surface area (Å²) in [6, 6.07) is 3.70. The molecule has 0 spiro atoms. The molecule has 0 saturated heterocycles. The predicted molar refractivity (Wildman–Crippen MR) is 49.6 cm³/mol. The predicted octanol–water partition coefficient (Wildman–Crippen LogP) is 1.56. The van der Waals surface area contributed by atoms with Crippen LogP contribution in [0.25, 0.3) is 0 Å². The van der Waals surface area contributed by atoms with Crippen LogP contribution in [0.5, 0.6) is 5.75 Å². The van der Waals surface area contributed by atoms with E-state index in [0.29, 0.717) is 0 Å². The number of ether oxygens (including phenoxy) is 1. The number of phenols is 1. The minimum atomic E-state index is -0.720. The molecule has 0 aliphatic rings. The average molecular weight is 215 g/mol. The fourth-order valence-electron chi connectivity index (χ4n) is 0.932. The van der Waals surface area contributed by atoms with Gasteiger partial charge in [0, 0.05) is 5.56 Å². The Labute approximate surface area is 85.1 Å². The van der Waals surface area contributed by atoms with Crippen LogP contribution in [0, 0.1) is 0 Å². The third-order valence-electron chi connectivity index (χ3n) is 1.63. The Morgan fingerprint density at radius 2 is 2.07 bits per heavy atom. The van der Waals surface area contributed by atoms with Crippen LogP contribution in [0.15, 0.2) is 18.2 Å². The number of halogens is 1. The van der Waals surface area contributed by atoms with Gasteiger partial charge in [-0.25, -0.2) is 4.79 Å². The van der Waals surface area contributed by atoms with Crippen LogP contribution in [0.1, 0.15) is 20.7 Å². The summed E-state index contributed by atoms with van der Waals surface area (Å²) in [6.07, 6.45) is 0. The SMILES string of the molecule is COC(=O)c1cc(C(=O)Cl)ccc1O. The molecular formula is C9H7ClO4. The van der Waals surface area contributed by atoms with E-state index >= 15 is 0 Å². The minimum absolute atomic E-state index is 0.0843. The van der Waals surface area contributed by atoms with Crippen molar-refractivity contribution in [3.8, 4) is 5.75 Å². The second-order valence-electron chi connectivity index (χ2n) is 2.50. The van der Waals surface area contributed by atoms with E-state index in [2.05, 4.69) is 4.74 Å². The van der Waals surface area contributed by atoms with E-state index in [-0.39, 0.29) is 16.9 Å². The molecule has 1 rings (SSSR count). The van der Waals surface area contributed by atoms with E-state index in [1.54, 1.807) is 0 Å². The summed E-state index contributed by atoms with van der Waals surface area (Å²) in [5.41, 5.74) is 0.0452. The zero-order valence-corrected chi connectivity index (χ0v) is 8.04. The zero-order chi connectivity index (χ0) is 10.7. The maximum atomic E-state index is 11.1. The molecule has 4 nitrogen and oxygen atoms in total. The van der Waals surface area contributed by atoms with Crippen LogP contribution >= 0.6 is 11.6 Å². The maximum absolute atomic E-state index is 11.1. The van der Waals surface area contributed by atoms with Crippen LogP contribution < -0.4 is 0 Å². The number of hydrogen-bond acceptors (Lipinski definition) is 4. The van der Waals surface area contributed by atoms with Gasteiger partial charge < -0.3 is 9.84 Å². The van der Waals surface area contributed by atoms with E-state index in [9.17, 15) is 14.7 Å². The van der Waals surface area contributed by atoms with Crippen molar-refractivity contribution in [3.63, 3.8) is 0 Å². The van der Waals surface area contributed by atoms with Crippen molar-refractivity contribution < 1.29 is 19.4 Å². The third-order valence-corrected chi connectivity index (χ3v) is 1.85. The molecule has 0 radical (unpaired) electrons. The van der Waals surface area contributed by atoms with Gasteiger partial charge in [0.25, 0.3) is 5.24 Å². The molecule has 0 atom stereocenters. The number of hydrogen-bond donors (Lipinski definition) is 1. The molecule has 0 aliphatic carbocycles. The van der Waals surface area contributed by atoms with E-state index < -0.39 is 11.2 Å². The topological polar surface area (TPSA) is 63.6 Å². The Kier molecular flexibility index (Phi) is 3.09. The second-order valence-corrected chi connectivity index (χ2v) is 2.84. The number of benzene rings is 1. The molecule has 1 aromatic rings. The summed E-state index contributed by atoms with van der Waals surface area (Å²) < 4.78 is 4.40. The Morgan fingerprint density at radius 3 is 2.57 bits per heavy atom. The highest BCUT2D eigenvalue weighted by molar-refractivity contribution is 6.67. The summed E-state index contributed by atoms with van der Waals surface area (Å²) in [6.45, 7) is 0. The van der Waals surface area contributed by atoms with Crippen molar-refractivity contribution in [2.45, 2.75) is 0 Å². The molecule has 1 aromatic carbocycles. The molecular weight excluding hydrogens is 208 g/mol. The highest BCUT2D eigenvalue weighted by Crippen LogP contribution is 2.20. The molecule has 1 N–H and O–H groups in total. The Balaban J connectivity index is 3.21. The van der Waals surface area contributed by atoms with E-state index in [4.69, 9.17) is 11.6 Å². The van der Waals surface area contributed by atoms with Crippen molar-refractivity contribution in [1.82, 2.24) is 0 Å². The number of carbonyl (C=O) groups is 2. The number of carbonyl (C=O) groups excluding carboxylic acids is 2. The molecule has 14 heavy (non-hydrogen) atoms. The van der Waals surface area contributed by atoms with Gasteiger partial charge in [0.1, 0.15) is 11.3 Å². The van der Waals surface area contributed by atoms with Gasteiger partial charge in [0.05, 0.1) is 7.11 Å². The lowest BCUT2D eigenvalue weighted by atomic mass is 10.1. The molecule has 0 fully saturated rings. The average Bonchev–Trinajstić information content (AvgIpc) is 2.17. The number of phenolic OH excluding ortho intramolecular Hbond substituents is 1. The number of esters is 1. The lowest BCUT2D eigenvalue weighted by molar-refractivity contribution is 0.0597. The first-order valence-corrected chi connectivity index (χ1v) is 4.05. The highest BCUT2D eigenvalue weighted by atomic mass is 35.5. The van der Waals surface area contributed by atoms with Crippen LogP contribution in [-0.4, -0.2) is 23.4 Å².